The van der Waals surface area contributed by atoms with Crippen molar-refractivity contribution in [3.63, 3.8) is 0 Å². The third-order valence-electron chi connectivity index (χ3n) is 6.14. The summed E-state index contributed by atoms with van der Waals surface area (Å²) in [4.78, 5) is 27.2. The van der Waals surface area contributed by atoms with Crippen molar-refractivity contribution in [1.82, 2.24) is 0 Å². The molecule has 0 spiro atoms. The number of hydrogen-bond acceptors (Lipinski definition) is 5. The van der Waals surface area contributed by atoms with Crippen molar-refractivity contribution in [2.24, 2.45) is 5.41 Å². The maximum absolute atomic E-state index is 12.6. The average molecular weight is 353 g/mol. The van der Waals surface area contributed by atoms with Crippen molar-refractivity contribution in [1.29, 1.82) is 0 Å². The Bertz CT molecular complexity index is 935. The van der Waals surface area contributed by atoms with E-state index in [9.17, 15) is 9.59 Å². The molecule has 136 valence electrons. The van der Waals surface area contributed by atoms with E-state index in [1.54, 1.807) is 7.11 Å². The lowest BCUT2D eigenvalue weighted by molar-refractivity contribution is -0.125. The number of ketones is 1. The number of carbonyl (C=O) groups is 2. The second-order valence-corrected chi connectivity index (χ2v) is 7.55. The van der Waals surface area contributed by atoms with Crippen LogP contribution < -0.4 is 9.64 Å². The largest absolute Gasteiger partial charge is 0.497 e. The molecule has 0 amide bonds. The first-order chi connectivity index (χ1) is 12.4. The molecule has 1 aliphatic heterocycles. The van der Waals surface area contributed by atoms with Crippen molar-refractivity contribution in [2.75, 3.05) is 32.7 Å². The molecule has 2 aromatic carbocycles. The van der Waals surface area contributed by atoms with E-state index in [2.05, 4.69) is 11.8 Å². The van der Waals surface area contributed by atoms with Gasteiger partial charge >= 0.3 is 5.97 Å². The van der Waals surface area contributed by atoms with Crippen LogP contribution >= 0.6 is 0 Å². The van der Waals surface area contributed by atoms with Crippen molar-refractivity contribution in [2.45, 2.75) is 25.7 Å². The Balaban J connectivity index is 2.05. The molecule has 5 heteroatoms. The fourth-order valence-electron chi connectivity index (χ4n) is 4.85. The van der Waals surface area contributed by atoms with Gasteiger partial charge in [0.15, 0.2) is 0 Å². The summed E-state index contributed by atoms with van der Waals surface area (Å²) in [6.45, 7) is 2.75. The van der Waals surface area contributed by atoms with E-state index >= 15 is 0 Å². The molecule has 2 atom stereocenters. The molecule has 1 heterocycles. The van der Waals surface area contributed by atoms with E-state index in [1.165, 1.54) is 7.11 Å². The molecule has 0 unspecified atom stereocenters. The Labute approximate surface area is 152 Å². The predicted octanol–water partition coefficient (Wildman–Crippen LogP) is 3.54. The van der Waals surface area contributed by atoms with Crippen LogP contribution in [0.1, 0.15) is 41.6 Å². The Morgan fingerprint density at radius 2 is 2.00 bits per heavy atom. The summed E-state index contributed by atoms with van der Waals surface area (Å²) in [5.41, 5.74) is 2.31. The Morgan fingerprint density at radius 1 is 1.23 bits per heavy atom. The predicted molar refractivity (Wildman–Crippen MR) is 100 cm³/mol. The van der Waals surface area contributed by atoms with Gasteiger partial charge in [0.05, 0.1) is 25.2 Å². The van der Waals surface area contributed by atoms with E-state index in [1.807, 2.05) is 31.3 Å². The van der Waals surface area contributed by atoms with Gasteiger partial charge in [-0.2, -0.15) is 0 Å². The number of Topliss-reactive ketones (excluding diaryl/α,β-unsaturated/α-hetero) is 1. The minimum absolute atomic E-state index is 0.135. The third kappa shape index (κ3) is 2.16. The molecule has 1 aliphatic carbocycles. The van der Waals surface area contributed by atoms with Gasteiger partial charge in [0.25, 0.3) is 0 Å². The van der Waals surface area contributed by atoms with E-state index in [-0.39, 0.29) is 11.9 Å². The van der Waals surface area contributed by atoms with E-state index < -0.39 is 5.41 Å². The lowest BCUT2D eigenvalue weighted by Gasteiger charge is -2.43. The number of rotatable bonds is 2. The summed E-state index contributed by atoms with van der Waals surface area (Å²) in [6, 6.07) is 7.71. The molecule has 26 heavy (non-hydrogen) atoms. The summed E-state index contributed by atoms with van der Waals surface area (Å²) in [6.07, 6.45) is 1.43. The summed E-state index contributed by atoms with van der Waals surface area (Å²) in [7, 11) is 5.02. The van der Waals surface area contributed by atoms with Crippen LogP contribution in [0, 0.1) is 5.41 Å². The minimum atomic E-state index is -0.394. The molecule has 4 rings (SSSR count). The average Bonchev–Trinajstić information content (AvgIpc) is 2.94. The van der Waals surface area contributed by atoms with Crippen LogP contribution in [0.15, 0.2) is 24.3 Å². The van der Waals surface area contributed by atoms with Crippen LogP contribution in [0.4, 0.5) is 5.69 Å². The highest BCUT2D eigenvalue weighted by molar-refractivity contribution is 6.10. The minimum Gasteiger partial charge on any atom is -0.497 e. The maximum atomic E-state index is 12.6. The zero-order valence-corrected chi connectivity index (χ0v) is 15.6. The van der Waals surface area contributed by atoms with Crippen molar-refractivity contribution in [3.05, 3.63) is 35.4 Å². The molecule has 0 aromatic heterocycles. The van der Waals surface area contributed by atoms with Gasteiger partial charge in [0.1, 0.15) is 11.5 Å². The molecule has 1 fully saturated rings. The fraction of sp³-hybridized carbons (Fsp3) is 0.429. The van der Waals surface area contributed by atoms with Gasteiger partial charge in [-0.25, -0.2) is 4.79 Å². The first-order valence-electron chi connectivity index (χ1n) is 8.88. The van der Waals surface area contributed by atoms with Crippen LogP contribution in [0.25, 0.3) is 10.8 Å². The molecule has 0 N–H and O–H groups in total. The Hall–Kier alpha value is -2.56. The molecular weight excluding hydrogens is 330 g/mol. The van der Waals surface area contributed by atoms with Gasteiger partial charge in [-0.15, -0.1) is 0 Å². The van der Waals surface area contributed by atoms with Gasteiger partial charge in [-0.3, -0.25) is 4.79 Å². The second kappa shape index (κ2) is 5.73. The Kier molecular flexibility index (Phi) is 3.72. The summed E-state index contributed by atoms with van der Waals surface area (Å²) in [5, 5.41) is 1.81. The molecular formula is C21H23NO4. The molecule has 0 bridgehead atoms. The smallest absolute Gasteiger partial charge is 0.338 e. The van der Waals surface area contributed by atoms with E-state index in [0.717, 1.165) is 28.4 Å². The van der Waals surface area contributed by atoms with Crippen LogP contribution in [-0.2, 0) is 9.53 Å². The van der Waals surface area contributed by atoms with Crippen LogP contribution in [0.5, 0.6) is 5.75 Å². The maximum Gasteiger partial charge on any atom is 0.338 e. The molecule has 1 saturated carbocycles. The zero-order chi connectivity index (χ0) is 18.6. The number of nitrogens with zero attached hydrogens (tertiary/aromatic N) is 1. The Morgan fingerprint density at radius 3 is 2.69 bits per heavy atom. The fourth-order valence-corrected chi connectivity index (χ4v) is 4.85. The number of carbonyl (C=O) groups excluding carboxylic acids is 2. The number of benzene rings is 2. The third-order valence-corrected chi connectivity index (χ3v) is 6.14. The molecule has 5 nitrogen and oxygen atoms in total. The highest BCUT2D eigenvalue weighted by atomic mass is 16.5. The molecule has 2 aromatic rings. The first-order valence-corrected chi connectivity index (χ1v) is 8.88. The molecule has 2 aliphatic rings. The van der Waals surface area contributed by atoms with Crippen LogP contribution in [-0.4, -0.2) is 39.6 Å². The number of anilines is 1. The number of hydrogen-bond donors (Lipinski definition) is 0. The summed E-state index contributed by atoms with van der Waals surface area (Å²) >= 11 is 0. The van der Waals surface area contributed by atoms with Crippen molar-refractivity contribution >= 4 is 28.2 Å². The summed E-state index contributed by atoms with van der Waals surface area (Å²) < 4.78 is 10.4. The van der Waals surface area contributed by atoms with Gasteiger partial charge < -0.3 is 14.4 Å². The first kappa shape index (κ1) is 16.9. The standard InChI is InChI=1S/C21H23NO4/c1-21-11-22(2)19-13-6-5-12(25-3)9-14(13)15(20(24)26-4)10-16(19)17(21)7-8-18(21)23/h5-6,9-10,17H,7-8,11H2,1-4H3/t17-,21-/m0/s1. The summed E-state index contributed by atoms with van der Waals surface area (Å²) in [5.74, 6) is 0.776. The van der Waals surface area contributed by atoms with E-state index in [4.69, 9.17) is 9.47 Å². The number of ether oxygens (including phenoxy) is 2. The van der Waals surface area contributed by atoms with Gasteiger partial charge in [0, 0.05) is 42.4 Å². The SMILES string of the molecule is COC(=O)c1cc2c(c3ccc(OC)cc13)N(C)C[C@]1(C)C(=O)CC[C@@H]21. The lowest BCUT2D eigenvalue weighted by atomic mass is 9.71. The monoisotopic (exact) mass is 353 g/mol. The zero-order valence-electron chi connectivity index (χ0n) is 15.6. The normalized spacial score (nSPS) is 24.4. The van der Waals surface area contributed by atoms with Crippen LogP contribution in [0.2, 0.25) is 0 Å². The number of methoxy groups -OCH3 is 2. The van der Waals surface area contributed by atoms with Gasteiger partial charge in [-0.05, 0) is 36.2 Å². The second-order valence-electron chi connectivity index (χ2n) is 7.55. The highest BCUT2D eigenvalue weighted by Gasteiger charge is 2.51. The number of fused-ring (bicyclic) bond motifs is 5. The van der Waals surface area contributed by atoms with Crippen LogP contribution in [0.3, 0.4) is 0 Å². The lowest BCUT2D eigenvalue weighted by Crippen LogP contribution is -2.44. The molecule has 0 saturated heterocycles. The van der Waals surface area contributed by atoms with E-state index in [0.29, 0.717) is 30.1 Å². The topological polar surface area (TPSA) is 55.8 Å². The van der Waals surface area contributed by atoms with Crippen molar-refractivity contribution in [3.8, 4) is 5.75 Å². The van der Waals surface area contributed by atoms with Gasteiger partial charge in [0.2, 0.25) is 0 Å². The highest BCUT2D eigenvalue weighted by Crippen LogP contribution is 2.55. The van der Waals surface area contributed by atoms with Gasteiger partial charge in [-0.1, -0.05) is 6.92 Å². The quantitative estimate of drug-likeness (QED) is 0.773. The molecule has 0 radical (unpaired) electrons. The number of esters is 1. The van der Waals surface area contributed by atoms with Crippen molar-refractivity contribution < 1.29 is 19.1 Å².